The Morgan fingerprint density at radius 3 is 2.62 bits per heavy atom. The third-order valence-corrected chi connectivity index (χ3v) is 8.07. The van der Waals surface area contributed by atoms with Crippen LogP contribution in [0.5, 0.6) is 5.75 Å². The van der Waals surface area contributed by atoms with Gasteiger partial charge in [0.1, 0.15) is 17.3 Å². The van der Waals surface area contributed by atoms with E-state index in [2.05, 4.69) is 16.7 Å². The van der Waals surface area contributed by atoms with E-state index in [1.807, 2.05) is 37.4 Å². The van der Waals surface area contributed by atoms with Crippen LogP contribution < -0.4 is 15.4 Å². The zero-order chi connectivity index (χ0) is 23.5. The second-order valence-electron chi connectivity index (χ2n) is 9.39. The van der Waals surface area contributed by atoms with Crippen LogP contribution in [0.2, 0.25) is 0 Å². The number of pyridine rings is 1. The van der Waals surface area contributed by atoms with Gasteiger partial charge in [-0.1, -0.05) is 17.2 Å². The van der Waals surface area contributed by atoms with Gasteiger partial charge in [-0.3, -0.25) is 9.78 Å². The molecule has 0 spiro atoms. The summed E-state index contributed by atoms with van der Waals surface area (Å²) in [5.41, 5.74) is 4.32. The number of hydrogen-bond donors (Lipinski definition) is 2. The molecule has 1 aliphatic heterocycles. The third-order valence-electron chi connectivity index (χ3n) is 6.69. The predicted molar refractivity (Wildman–Crippen MR) is 137 cm³/mol. The average molecular weight is 478 g/mol. The van der Waals surface area contributed by atoms with E-state index in [1.54, 1.807) is 12.1 Å². The molecule has 3 aromatic rings. The van der Waals surface area contributed by atoms with Crippen LogP contribution >= 0.6 is 0 Å². The van der Waals surface area contributed by atoms with Crippen molar-refractivity contribution in [3.8, 4) is 5.75 Å². The van der Waals surface area contributed by atoms with Crippen LogP contribution in [0.1, 0.15) is 47.2 Å². The van der Waals surface area contributed by atoms with Gasteiger partial charge in [0.2, 0.25) is 0 Å². The Kier molecular flexibility index (Phi) is 7.04. The number of carbonyl (C=O) groups excluding carboxylic acids is 1. The van der Waals surface area contributed by atoms with Crippen molar-refractivity contribution in [2.75, 3.05) is 23.4 Å². The predicted octanol–water partition coefficient (Wildman–Crippen LogP) is 4.59. The maximum absolute atomic E-state index is 12.8. The Morgan fingerprint density at radius 2 is 1.88 bits per heavy atom. The van der Waals surface area contributed by atoms with Crippen LogP contribution in [-0.2, 0) is 17.7 Å². The first-order valence-corrected chi connectivity index (χ1v) is 13.5. The van der Waals surface area contributed by atoms with E-state index >= 15 is 0 Å². The Balaban J connectivity index is 1.21. The fourth-order valence-electron chi connectivity index (χ4n) is 4.28. The Hall–Kier alpha value is -2.61. The highest BCUT2D eigenvalue weighted by Crippen LogP contribution is 2.30. The summed E-state index contributed by atoms with van der Waals surface area (Å²) in [4.78, 5) is 17.5. The number of anilines is 1. The van der Waals surface area contributed by atoms with Crippen LogP contribution in [0.3, 0.4) is 0 Å². The molecule has 6 nitrogen and oxygen atoms in total. The van der Waals surface area contributed by atoms with E-state index in [0.29, 0.717) is 17.5 Å². The summed E-state index contributed by atoms with van der Waals surface area (Å²) >= 11 is -0.639. The van der Waals surface area contributed by atoms with Gasteiger partial charge in [-0.2, -0.15) is 0 Å². The molecule has 0 bridgehead atoms. The molecule has 1 saturated carbocycles. The number of ether oxygens (including phenoxy) is 1. The number of rotatable bonds is 8. The molecule has 0 radical (unpaired) electrons. The summed E-state index contributed by atoms with van der Waals surface area (Å²) in [6, 6.07) is 13.8. The lowest BCUT2D eigenvalue weighted by atomic mass is 10.1. The normalized spacial score (nSPS) is 20.3. The van der Waals surface area contributed by atoms with Crippen molar-refractivity contribution >= 4 is 33.7 Å². The van der Waals surface area contributed by atoms with E-state index in [0.717, 1.165) is 71.0 Å². The second-order valence-corrected chi connectivity index (χ2v) is 11.1. The second kappa shape index (κ2) is 10.3. The number of nitrogens with zero attached hydrogens (tertiary/aromatic N) is 1. The molecule has 5 rings (SSSR count). The summed E-state index contributed by atoms with van der Waals surface area (Å²) in [6.07, 6.45) is 6.33. The maximum atomic E-state index is 12.8. The minimum absolute atomic E-state index is 0.148. The first kappa shape index (κ1) is 23.1. The van der Waals surface area contributed by atoms with Gasteiger partial charge in [0.05, 0.1) is 12.1 Å². The van der Waals surface area contributed by atoms with Crippen LogP contribution in [0.4, 0.5) is 5.69 Å². The standard InChI is InChI=1S/C27H31N3O3S/c1-18-25(30-27(31)21-4-7-24(8-5-21)33-17-19-2-3-19)9-6-22-14-20(16-29-26(18)22)15-28-23-10-12-34(32)13-11-23/h4-9,14,16,19,23,28H,2-3,10-13,15,17H2,1H3,(H,30,31)/t23-,34+. The average Bonchev–Trinajstić information content (AvgIpc) is 3.69. The topological polar surface area (TPSA) is 86.3 Å². The highest BCUT2D eigenvalue weighted by Gasteiger charge is 2.22. The summed E-state index contributed by atoms with van der Waals surface area (Å²) in [5, 5.41) is 7.65. The lowest BCUT2D eigenvalue weighted by Gasteiger charge is -2.25. The van der Waals surface area contributed by atoms with Crippen molar-refractivity contribution in [2.24, 2.45) is 5.92 Å². The van der Waals surface area contributed by atoms with Gasteiger partial charge >= 0.3 is 0 Å². The number of hydrogen-bond acceptors (Lipinski definition) is 5. The Morgan fingerprint density at radius 1 is 1.12 bits per heavy atom. The van der Waals surface area contributed by atoms with Crippen LogP contribution in [0.15, 0.2) is 48.7 Å². The smallest absolute Gasteiger partial charge is 0.255 e. The third kappa shape index (κ3) is 5.71. The molecule has 0 atom stereocenters. The van der Waals surface area contributed by atoms with E-state index in [9.17, 15) is 9.35 Å². The molecule has 1 aromatic heterocycles. The number of amides is 1. The molecular formula is C27H31N3O3S. The van der Waals surface area contributed by atoms with Crippen molar-refractivity contribution in [3.05, 3.63) is 65.4 Å². The molecule has 2 aliphatic rings. The number of carbonyl (C=O) groups is 1. The molecule has 1 aliphatic carbocycles. The molecule has 2 heterocycles. The van der Waals surface area contributed by atoms with Gasteiger partial charge in [0.25, 0.3) is 5.91 Å². The van der Waals surface area contributed by atoms with E-state index in [4.69, 9.17) is 9.72 Å². The number of nitrogens with one attached hydrogen (secondary N) is 2. The van der Waals surface area contributed by atoms with Gasteiger partial charge in [0, 0.05) is 48.3 Å². The van der Waals surface area contributed by atoms with Crippen LogP contribution in [-0.4, -0.2) is 39.6 Å². The quantitative estimate of drug-likeness (QED) is 0.464. The highest BCUT2D eigenvalue weighted by atomic mass is 32.2. The molecule has 2 fully saturated rings. The number of aryl methyl sites for hydroxylation is 1. The van der Waals surface area contributed by atoms with Gasteiger partial charge in [-0.25, -0.2) is 0 Å². The summed E-state index contributed by atoms with van der Waals surface area (Å²) in [7, 11) is 0. The number of fused-ring (bicyclic) bond motifs is 1. The van der Waals surface area contributed by atoms with Crippen molar-refractivity contribution < 1.29 is 14.1 Å². The zero-order valence-corrected chi connectivity index (χ0v) is 20.3. The van der Waals surface area contributed by atoms with Crippen molar-refractivity contribution in [3.63, 3.8) is 0 Å². The summed E-state index contributed by atoms with van der Waals surface area (Å²) in [6.45, 7) is 3.49. The summed E-state index contributed by atoms with van der Waals surface area (Å²) in [5.74, 6) is 2.94. The molecule has 1 saturated heterocycles. The van der Waals surface area contributed by atoms with Crippen LogP contribution in [0.25, 0.3) is 10.9 Å². The van der Waals surface area contributed by atoms with Gasteiger partial charge in [-0.15, -0.1) is 0 Å². The SMILES string of the molecule is Cc1c(NC(=O)c2ccc(OCC3CC3)cc2)ccc2cc(CN[C@H]3CC[S@@+]([O-])CC3)cnc12. The Labute approximate surface area is 203 Å². The molecule has 1 amide bonds. The molecule has 7 heteroatoms. The molecule has 2 N–H and O–H groups in total. The van der Waals surface area contributed by atoms with Gasteiger partial charge < -0.3 is 19.9 Å². The van der Waals surface area contributed by atoms with Gasteiger partial charge in [0.15, 0.2) is 0 Å². The zero-order valence-electron chi connectivity index (χ0n) is 19.5. The van der Waals surface area contributed by atoms with Crippen molar-refractivity contribution in [1.29, 1.82) is 0 Å². The molecule has 0 unspecified atom stereocenters. The fourth-order valence-corrected chi connectivity index (χ4v) is 5.58. The first-order valence-electron chi connectivity index (χ1n) is 12.1. The molecule has 34 heavy (non-hydrogen) atoms. The largest absolute Gasteiger partial charge is 0.616 e. The fraction of sp³-hybridized carbons (Fsp3) is 0.407. The van der Waals surface area contributed by atoms with E-state index in [1.165, 1.54) is 12.8 Å². The number of benzene rings is 2. The van der Waals surface area contributed by atoms with E-state index in [-0.39, 0.29) is 5.91 Å². The molecular weight excluding hydrogens is 446 g/mol. The van der Waals surface area contributed by atoms with Crippen molar-refractivity contribution in [1.82, 2.24) is 10.3 Å². The Bertz CT molecular complexity index is 1160. The maximum Gasteiger partial charge on any atom is 0.255 e. The summed E-state index contributed by atoms with van der Waals surface area (Å²) < 4.78 is 17.3. The van der Waals surface area contributed by atoms with Crippen LogP contribution in [0, 0.1) is 12.8 Å². The number of aromatic nitrogens is 1. The first-order chi connectivity index (χ1) is 16.5. The minimum atomic E-state index is -0.639. The van der Waals surface area contributed by atoms with Gasteiger partial charge in [-0.05, 0) is 73.2 Å². The van der Waals surface area contributed by atoms with Crippen molar-refractivity contribution in [2.45, 2.75) is 45.2 Å². The highest BCUT2D eigenvalue weighted by molar-refractivity contribution is 7.91. The lowest BCUT2D eigenvalue weighted by molar-refractivity contribution is 0.102. The molecule has 178 valence electrons. The lowest BCUT2D eigenvalue weighted by Crippen LogP contribution is -2.37. The molecule has 2 aromatic carbocycles. The monoisotopic (exact) mass is 477 g/mol. The van der Waals surface area contributed by atoms with E-state index < -0.39 is 11.2 Å². The minimum Gasteiger partial charge on any atom is -0.616 e.